The van der Waals surface area contributed by atoms with Crippen molar-refractivity contribution in [3.8, 4) is 0 Å². The fraction of sp³-hybridized carbons (Fsp3) is 0.222. The number of hydrogen-bond donors (Lipinski definition) is 1. The number of rotatable bonds is 2. The second-order valence-corrected chi connectivity index (χ2v) is 2.87. The van der Waals surface area contributed by atoms with Crippen LogP contribution < -0.4 is 10.8 Å². The van der Waals surface area contributed by atoms with E-state index < -0.39 is 0 Å². The first-order chi connectivity index (χ1) is 6.72. The fourth-order valence-electron chi connectivity index (χ4n) is 1.17. The molecule has 0 aliphatic carbocycles. The zero-order valence-electron chi connectivity index (χ0n) is 8.02. The first-order valence-electron chi connectivity index (χ1n) is 4.15. The molecule has 2 aromatic rings. The highest BCUT2D eigenvalue weighted by atomic mass is 16.7. The van der Waals surface area contributed by atoms with Gasteiger partial charge < -0.3 is 10.2 Å². The van der Waals surface area contributed by atoms with Crippen LogP contribution in [-0.4, -0.2) is 19.1 Å². The van der Waals surface area contributed by atoms with Gasteiger partial charge in [-0.2, -0.15) is 4.98 Å². The number of benzene rings is 1. The molecule has 74 valence electrons. The third-order valence-corrected chi connectivity index (χ3v) is 1.98. The normalized spacial score (nSPS) is 10.7. The summed E-state index contributed by atoms with van der Waals surface area (Å²) in [5, 5.41) is 1.43. The summed E-state index contributed by atoms with van der Waals surface area (Å²) in [5.41, 5.74) is 7.64. The van der Waals surface area contributed by atoms with Crippen molar-refractivity contribution in [2.45, 2.75) is 0 Å². The molecular weight excluding hydrogens is 182 g/mol. The maximum atomic E-state index is 5.73. The van der Waals surface area contributed by atoms with Crippen LogP contribution in [0.25, 0.3) is 11.1 Å². The van der Waals surface area contributed by atoms with Crippen molar-refractivity contribution in [2.75, 3.05) is 25.0 Å². The number of nitrogens with two attached hydrogens (primary N) is 1. The molecule has 0 bridgehead atoms. The smallest absolute Gasteiger partial charge is 0.322 e. The predicted molar refractivity (Wildman–Crippen MR) is 53.8 cm³/mol. The Kier molecular flexibility index (Phi) is 2.01. The quantitative estimate of drug-likeness (QED) is 0.577. The van der Waals surface area contributed by atoms with Gasteiger partial charge in [0.05, 0.1) is 12.8 Å². The Morgan fingerprint density at radius 2 is 2.29 bits per heavy atom. The lowest BCUT2D eigenvalue weighted by atomic mass is 10.3. The topological polar surface area (TPSA) is 64.5 Å². The zero-order valence-corrected chi connectivity index (χ0v) is 8.02. The van der Waals surface area contributed by atoms with Crippen molar-refractivity contribution in [2.24, 2.45) is 0 Å². The van der Waals surface area contributed by atoms with E-state index in [1.54, 1.807) is 13.1 Å². The summed E-state index contributed by atoms with van der Waals surface area (Å²) in [4.78, 5) is 9.13. The third-order valence-electron chi connectivity index (χ3n) is 1.98. The maximum absolute atomic E-state index is 5.73. The van der Waals surface area contributed by atoms with Crippen molar-refractivity contribution in [1.82, 2.24) is 4.98 Å². The summed E-state index contributed by atoms with van der Waals surface area (Å²) in [6.45, 7) is 0. The van der Waals surface area contributed by atoms with Gasteiger partial charge in [0.1, 0.15) is 5.52 Å². The van der Waals surface area contributed by atoms with Gasteiger partial charge in [-0.1, -0.05) is 6.07 Å². The second-order valence-electron chi connectivity index (χ2n) is 2.87. The van der Waals surface area contributed by atoms with Crippen molar-refractivity contribution in [3.63, 3.8) is 0 Å². The Morgan fingerprint density at radius 1 is 1.50 bits per heavy atom. The molecule has 0 saturated heterocycles. The van der Waals surface area contributed by atoms with E-state index in [-0.39, 0.29) is 0 Å². The van der Waals surface area contributed by atoms with Crippen LogP contribution >= 0.6 is 0 Å². The van der Waals surface area contributed by atoms with Crippen LogP contribution in [0.5, 0.6) is 0 Å². The van der Waals surface area contributed by atoms with E-state index in [2.05, 4.69) is 4.98 Å². The maximum Gasteiger partial charge on any atom is 0.322 e. The summed E-state index contributed by atoms with van der Waals surface area (Å²) in [6, 6.07) is 5.80. The number of nitrogens with zero attached hydrogens (tertiary/aromatic N) is 2. The van der Waals surface area contributed by atoms with E-state index in [0.29, 0.717) is 22.8 Å². The molecule has 14 heavy (non-hydrogen) atoms. The highest BCUT2D eigenvalue weighted by Gasteiger charge is 2.10. The Hall–Kier alpha value is -1.75. The average Bonchev–Trinajstić information content (AvgIpc) is 2.62. The van der Waals surface area contributed by atoms with Crippen LogP contribution in [0.15, 0.2) is 22.6 Å². The summed E-state index contributed by atoms with van der Waals surface area (Å²) in [7, 11) is 3.25. The molecule has 0 radical (unpaired) electrons. The molecule has 1 aromatic carbocycles. The molecule has 5 nitrogen and oxygen atoms in total. The van der Waals surface area contributed by atoms with Gasteiger partial charge in [0, 0.05) is 7.05 Å². The molecule has 1 aromatic heterocycles. The van der Waals surface area contributed by atoms with Crippen LogP contribution in [0, 0.1) is 0 Å². The summed E-state index contributed by atoms with van der Waals surface area (Å²) in [5.74, 6) is 0. The van der Waals surface area contributed by atoms with Crippen LogP contribution in [-0.2, 0) is 4.84 Å². The Bertz CT molecular complexity index is 452. The highest BCUT2D eigenvalue weighted by Crippen LogP contribution is 2.24. The van der Waals surface area contributed by atoms with E-state index in [1.807, 2.05) is 12.1 Å². The van der Waals surface area contributed by atoms with Gasteiger partial charge in [0.25, 0.3) is 0 Å². The number of hydrogen-bond acceptors (Lipinski definition) is 5. The van der Waals surface area contributed by atoms with Crippen molar-refractivity contribution in [3.05, 3.63) is 18.2 Å². The number of anilines is 2. The number of para-hydroxylation sites is 1. The van der Waals surface area contributed by atoms with Gasteiger partial charge in [-0.25, -0.2) is 5.06 Å². The molecule has 1 heterocycles. The summed E-state index contributed by atoms with van der Waals surface area (Å²) >= 11 is 0. The molecule has 5 heteroatoms. The fourth-order valence-corrected chi connectivity index (χ4v) is 1.17. The molecule has 0 fully saturated rings. The molecule has 0 amide bonds. The Balaban J connectivity index is 2.56. The number of hydroxylamine groups is 1. The Labute approximate surface area is 81.0 Å². The first-order valence-corrected chi connectivity index (χ1v) is 4.15. The average molecular weight is 193 g/mol. The highest BCUT2D eigenvalue weighted by molar-refractivity contribution is 5.86. The predicted octanol–water partition coefficient (Wildman–Crippen LogP) is 1.41. The first kappa shape index (κ1) is 8.83. The molecular formula is C9H11N3O2. The molecule has 0 saturated carbocycles. The molecule has 2 rings (SSSR count). The standard InChI is InChI=1S/C9H11N3O2/c1-12(13-2)9-11-8-6(10)4-3-5-7(8)14-9/h3-5H,10H2,1-2H3. The molecule has 0 unspecified atom stereocenters. The van der Waals surface area contributed by atoms with Gasteiger partial charge in [-0.15, -0.1) is 0 Å². The van der Waals surface area contributed by atoms with Crippen LogP contribution in [0.3, 0.4) is 0 Å². The summed E-state index contributed by atoms with van der Waals surface area (Å²) < 4.78 is 5.41. The number of aromatic nitrogens is 1. The minimum absolute atomic E-state index is 0.389. The van der Waals surface area contributed by atoms with Gasteiger partial charge >= 0.3 is 6.01 Å². The minimum atomic E-state index is 0.389. The summed E-state index contributed by atoms with van der Waals surface area (Å²) in [6.07, 6.45) is 0. The number of oxazole rings is 1. The lowest BCUT2D eigenvalue weighted by molar-refractivity contribution is 0.169. The molecule has 0 aliphatic heterocycles. The van der Waals surface area contributed by atoms with Crippen LogP contribution in [0.4, 0.5) is 11.7 Å². The Morgan fingerprint density at radius 3 is 2.93 bits per heavy atom. The SMILES string of the molecule is CON(C)c1nc2c(N)cccc2o1. The van der Waals surface area contributed by atoms with Crippen molar-refractivity contribution in [1.29, 1.82) is 0 Å². The van der Waals surface area contributed by atoms with Gasteiger partial charge in [-0.05, 0) is 12.1 Å². The third kappa shape index (κ3) is 1.27. The van der Waals surface area contributed by atoms with Gasteiger partial charge in [-0.3, -0.25) is 4.84 Å². The van der Waals surface area contributed by atoms with E-state index >= 15 is 0 Å². The molecule has 0 spiro atoms. The second kappa shape index (κ2) is 3.19. The van der Waals surface area contributed by atoms with Gasteiger partial charge in [0.15, 0.2) is 5.58 Å². The van der Waals surface area contributed by atoms with Crippen LogP contribution in [0.2, 0.25) is 0 Å². The number of fused-ring (bicyclic) bond motifs is 1. The largest absolute Gasteiger partial charge is 0.422 e. The van der Waals surface area contributed by atoms with E-state index in [4.69, 9.17) is 15.0 Å². The van der Waals surface area contributed by atoms with Crippen molar-refractivity contribution < 1.29 is 9.25 Å². The molecule has 0 atom stereocenters. The van der Waals surface area contributed by atoms with E-state index in [0.717, 1.165) is 0 Å². The van der Waals surface area contributed by atoms with Gasteiger partial charge in [0.2, 0.25) is 0 Å². The van der Waals surface area contributed by atoms with Crippen LogP contribution in [0.1, 0.15) is 0 Å². The minimum Gasteiger partial charge on any atom is -0.422 e. The van der Waals surface area contributed by atoms with E-state index in [9.17, 15) is 0 Å². The van der Waals surface area contributed by atoms with E-state index in [1.165, 1.54) is 12.2 Å². The lowest BCUT2D eigenvalue weighted by Crippen LogP contribution is -2.14. The monoisotopic (exact) mass is 193 g/mol. The number of nitrogen functional groups attached to an aromatic ring is 1. The van der Waals surface area contributed by atoms with Crippen molar-refractivity contribution >= 4 is 22.8 Å². The molecule has 2 N–H and O–H groups in total. The molecule has 0 aliphatic rings. The zero-order chi connectivity index (χ0) is 10.1. The lowest BCUT2D eigenvalue weighted by Gasteiger charge is -2.08.